The summed E-state index contributed by atoms with van der Waals surface area (Å²) >= 11 is 0. The van der Waals surface area contributed by atoms with Crippen LogP contribution in [0.1, 0.15) is 101 Å². The molecule has 38 heavy (non-hydrogen) atoms. The number of esters is 2. The lowest BCUT2D eigenvalue weighted by Gasteiger charge is -2.38. The van der Waals surface area contributed by atoms with Gasteiger partial charge >= 0.3 is 11.9 Å². The molecule has 0 spiro atoms. The van der Waals surface area contributed by atoms with Crippen LogP contribution < -0.4 is 0 Å². The van der Waals surface area contributed by atoms with E-state index in [9.17, 15) is 9.59 Å². The molecule has 0 heterocycles. The number of carbonyl (C=O) groups is 2. The molecule has 0 saturated heterocycles. The molecule has 0 aromatic carbocycles. The van der Waals surface area contributed by atoms with Gasteiger partial charge in [0.15, 0.2) is 0 Å². The van der Waals surface area contributed by atoms with Crippen molar-refractivity contribution < 1.29 is 19.1 Å². The van der Waals surface area contributed by atoms with Crippen molar-refractivity contribution in [2.45, 2.75) is 101 Å². The highest BCUT2D eigenvalue weighted by Gasteiger charge is 2.59. The van der Waals surface area contributed by atoms with Gasteiger partial charge in [-0.25, -0.2) is 0 Å². The predicted octanol–water partition coefficient (Wildman–Crippen LogP) is 7.89. The highest BCUT2D eigenvalue weighted by atomic mass is 16.5. The Labute approximate surface area is 233 Å². The van der Waals surface area contributed by atoms with Crippen LogP contribution in [0.4, 0.5) is 0 Å². The molecule has 4 heteroatoms. The molecule has 15 atom stereocenters. The normalized spacial score (nSPS) is 51.2. The van der Waals surface area contributed by atoms with Gasteiger partial charge < -0.3 is 9.47 Å². The fourth-order valence-corrected chi connectivity index (χ4v) is 10.6. The fourth-order valence-electron chi connectivity index (χ4n) is 10.6. The first-order valence-corrected chi connectivity index (χ1v) is 16.1. The number of ether oxygens (including phenoxy) is 2. The molecule has 6 rings (SSSR count). The molecule has 15 unspecified atom stereocenters. The molecule has 6 fully saturated rings. The van der Waals surface area contributed by atoms with Gasteiger partial charge in [-0.15, -0.1) is 0 Å². The maximum absolute atomic E-state index is 11.8. The van der Waals surface area contributed by atoms with Gasteiger partial charge in [0.05, 0.1) is 25.0 Å². The van der Waals surface area contributed by atoms with Gasteiger partial charge in [0, 0.05) is 0 Å². The van der Waals surface area contributed by atoms with E-state index in [1.165, 1.54) is 26.4 Å². The molecular formula is C34H58O4. The molecule has 0 aromatic rings. The van der Waals surface area contributed by atoms with Crippen LogP contribution >= 0.6 is 0 Å². The first-order valence-electron chi connectivity index (χ1n) is 16.1. The van der Waals surface area contributed by atoms with Crippen LogP contribution in [0.5, 0.6) is 0 Å². The smallest absolute Gasteiger partial charge is 0.311 e. The molecule has 6 aliphatic carbocycles. The van der Waals surface area contributed by atoms with Crippen LogP contribution in [-0.2, 0) is 19.1 Å². The predicted molar refractivity (Wildman–Crippen MR) is 153 cm³/mol. The highest BCUT2D eigenvalue weighted by molar-refractivity contribution is 5.77. The standard InChI is InChI=1S/2C12H20O2.C10H18/c1-7-8(2)10-5-9(7)6-12(10,3)11(13)14-4;1-4-14-12(13)11-6-9-5-10(11)8(3)7(9)2;1-6-4-9-5-10(6)8(3)7(9)2/h7-10H,5-6H2,1-4H3;7-11H,4-6H2,1-3H3;6-10H,4-5H2,1-3H3. The van der Waals surface area contributed by atoms with Crippen LogP contribution in [0.2, 0.25) is 0 Å². The molecule has 0 aliphatic heterocycles. The van der Waals surface area contributed by atoms with Gasteiger partial charge in [0.2, 0.25) is 0 Å². The summed E-state index contributed by atoms with van der Waals surface area (Å²) in [7, 11) is 1.51. The third kappa shape index (κ3) is 5.09. The summed E-state index contributed by atoms with van der Waals surface area (Å²) in [6.45, 7) is 21.1. The summed E-state index contributed by atoms with van der Waals surface area (Å²) in [6.07, 6.45) is 7.67. The van der Waals surface area contributed by atoms with Crippen molar-refractivity contribution in [3.8, 4) is 0 Å². The number of hydrogen-bond donors (Lipinski definition) is 0. The van der Waals surface area contributed by atoms with Crippen LogP contribution in [0.25, 0.3) is 0 Å². The van der Waals surface area contributed by atoms with Crippen molar-refractivity contribution in [3.63, 3.8) is 0 Å². The minimum absolute atomic E-state index is 0.00347. The molecule has 6 aliphatic rings. The van der Waals surface area contributed by atoms with Crippen molar-refractivity contribution in [2.75, 3.05) is 13.7 Å². The zero-order valence-corrected chi connectivity index (χ0v) is 26.2. The van der Waals surface area contributed by atoms with E-state index < -0.39 is 0 Å². The van der Waals surface area contributed by atoms with Gasteiger partial charge in [-0.05, 0) is 129 Å². The van der Waals surface area contributed by atoms with E-state index in [1.54, 1.807) is 6.42 Å². The van der Waals surface area contributed by atoms with E-state index in [-0.39, 0.29) is 23.3 Å². The molecule has 0 aromatic heterocycles. The molecule has 0 N–H and O–H groups in total. The van der Waals surface area contributed by atoms with E-state index in [0.29, 0.717) is 30.3 Å². The minimum atomic E-state index is -0.189. The maximum Gasteiger partial charge on any atom is 0.311 e. The maximum atomic E-state index is 11.8. The molecule has 218 valence electrons. The second kappa shape index (κ2) is 11.4. The van der Waals surface area contributed by atoms with E-state index in [4.69, 9.17) is 9.47 Å². The Balaban J connectivity index is 0.000000135. The number of fused-ring (bicyclic) bond motifs is 6. The van der Waals surface area contributed by atoms with Gasteiger partial charge in [-0.3, -0.25) is 9.59 Å². The minimum Gasteiger partial charge on any atom is -0.469 e. The van der Waals surface area contributed by atoms with Crippen molar-refractivity contribution in [1.82, 2.24) is 0 Å². The summed E-state index contributed by atoms with van der Waals surface area (Å²) in [5.74, 6) is 11.2. The molecule has 4 nitrogen and oxygen atoms in total. The lowest BCUT2D eigenvalue weighted by Crippen LogP contribution is -2.40. The molecule has 0 radical (unpaired) electrons. The number of hydrogen-bond acceptors (Lipinski definition) is 4. The summed E-state index contributed by atoms with van der Waals surface area (Å²) in [5.41, 5.74) is -0.189. The van der Waals surface area contributed by atoms with Gasteiger partial charge in [0.1, 0.15) is 0 Å². The fraction of sp³-hybridized carbons (Fsp3) is 0.941. The molecule has 6 bridgehead atoms. The number of carbonyl (C=O) groups excluding carboxylic acids is 2. The van der Waals surface area contributed by atoms with Gasteiger partial charge in [-0.2, -0.15) is 0 Å². The van der Waals surface area contributed by atoms with Crippen molar-refractivity contribution >= 4 is 11.9 Å². The summed E-state index contributed by atoms with van der Waals surface area (Å²) < 4.78 is 10.1. The Morgan fingerprint density at radius 1 is 0.711 bits per heavy atom. The molecule has 6 saturated carbocycles. The lowest BCUT2D eigenvalue weighted by molar-refractivity contribution is -0.157. The Bertz CT molecular complexity index is 847. The van der Waals surface area contributed by atoms with Crippen LogP contribution in [0, 0.1) is 88.3 Å². The second-order valence-electron chi connectivity index (χ2n) is 15.0. The average molecular weight is 531 g/mol. The van der Waals surface area contributed by atoms with Gasteiger partial charge in [-0.1, -0.05) is 48.5 Å². The van der Waals surface area contributed by atoms with Crippen molar-refractivity contribution in [3.05, 3.63) is 0 Å². The van der Waals surface area contributed by atoms with Crippen molar-refractivity contribution in [1.29, 1.82) is 0 Å². The van der Waals surface area contributed by atoms with Crippen molar-refractivity contribution in [2.24, 2.45) is 88.3 Å². The van der Waals surface area contributed by atoms with E-state index >= 15 is 0 Å². The van der Waals surface area contributed by atoms with Crippen LogP contribution in [-0.4, -0.2) is 25.7 Å². The number of methoxy groups -OCH3 is 1. The van der Waals surface area contributed by atoms with E-state index in [1.807, 2.05) is 6.92 Å². The lowest BCUT2D eigenvalue weighted by atomic mass is 9.67. The van der Waals surface area contributed by atoms with E-state index in [0.717, 1.165) is 66.1 Å². The van der Waals surface area contributed by atoms with Gasteiger partial charge in [0.25, 0.3) is 0 Å². The zero-order valence-electron chi connectivity index (χ0n) is 26.2. The third-order valence-electron chi connectivity index (χ3n) is 13.6. The monoisotopic (exact) mass is 530 g/mol. The Morgan fingerprint density at radius 2 is 1.26 bits per heavy atom. The first kappa shape index (κ1) is 29.9. The third-order valence-corrected chi connectivity index (χ3v) is 13.6. The Kier molecular flexibility index (Phi) is 9.00. The first-order chi connectivity index (χ1) is 17.8. The Morgan fingerprint density at radius 3 is 1.68 bits per heavy atom. The van der Waals surface area contributed by atoms with Crippen LogP contribution in [0.3, 0.4) is 0 Å². The quantitative estimate of drug-likeness (QED) is 0.348. The summed E-state index contributed by atoms with van der Waals surface area (Å²) in [4.78, 5) is 23.4. The molecular weight excluding hydrogens is 472 g/mol. The zero-order chi connectivity index (χ0) is 28.1. The highest BCUT2D eigenvalue weighted by Crippen LogP contribution is 2.61. The summed E-state index contributed by atoms with van der Waals surface area (Å²) in [6, 6.07) is 0. The average Bonchev–Trinajstić information content (AvgIpc) is 3.71. The second-order valence-corrected chi connectivity index (χ2v) is 15.0. The SMILES string of the molecule is CC1CC2CC1C(C)C2C.CCOC(=O)C1CC2CC1C(C)C2C.COC(=O)C1(C)CC2CC1C(C)C2C. The Hall–Kier alpha value is -1.06. The largest absolute Gasteiger partial charge is 0.469 e. The summed E-state index contributed by atoms with van der Waals surface area (Å²) in [5, 5.41) is 0. The topological polar surface area (TPSA) is 52.6 Å². The molecule has 0 amide bonds. The van der Waals surface area contributed by atoms with Crippen LogP contribution in [0.15, 0.2) is 0 Å². The van der Waals surface area contributed by atoms with E-state index in [2.05, 4.69) is 55.4 Å². The number of rotatable bonds is 3.